The molecule has 158 valence electrons. The summed E-state index contributed by atoms with van der Waals surface area (Å²) >= 11 is 0. The van der Waals surface area contributed by atoms with Crippen molar-refractivity contribution in [3.8, 4) is 0 Å². The van der Waals surface area contributed by atoms with Gasteiger partial charge in [0.15, 0.2) is 0 Å². The van der Waals surface area contributed by atoms with Gasteiger partial charge in [-0.3, -0.25) is 24.0 Å². The first kappa shape index (κ1) is 20.3. The Hall–Kier alpha value is -2.96. The van der Waals surface area contributed by atoms with Crippen LogP contribution in [0.3, 0.4) is 0 Å². The van der Waals surface area contributed by atoms with Gasteiger partial charge in [-0.2, -0.15) is 5.10 Å². The summed E-state index contributed by atoms with van der Waals surface area (Å²) in [5.74, 6) is -0.721. The van der Waals surface area contributed by atoms with E-state index in [-0.39, 0.29) is 29.3 Å². The van der Waals surface area contributed by atoms with Crippen molar-refractivity contribution in [3.05, 3.63) is 52.3 Å². The van der Waals surface area contributed by atoms with E-state index in [9.17, 15) is 14.4 Å². The van der Waals surface area contributed by atoms with Gasteiger partial charge in [-0.1, -0.05) is 6.92 Å². The summed E-state index contributed by atoms with van der Waals surface area (Å²) in [6, 6.07) is 4.67. The molecule has 1 aromatic heterocycles. The number of carbonyl (C=O) groups is 3. The number of nitrogens with zero attached hydrogens (tertiary/aromatic N) is 4. The monoisotopic (exact) mass is 408 g/mol. The SMILES string of the molecule is CCC(C)N1C(=O)c2ccc(C(=O)N3CCc4c(cnn4C(C)(C)C)C3)cc2C1=O. The maximum Gasteiger partial charge on any atom is 0.261 e. The second kappa shape index (κ2) is 7.07. The lowest BCUT2D eigenvalue weighted by molar-refractivity contribution is 0.0593. The Bertz CT molecular complexity index is 1050. The van der Waals surface area contributed by atoms with Crippen LogP contribution in [0.4, 0.5) is 0 Å². The summed E-state index contributed by atoms with van der Waals surface area (Å²) in [7, 11) is 0. The van der Waals surface area contributed by atoms with Crippen molar-refractivity contribution in [2.45, 2.75) is 65.6 Å². The summed E-state index contributed by atoms with van der Waals surface area (Å²) in [4.78, 5) is 41.6. The minimum absolute atomic E-state index is 0.103. The number of imide groups is 1. The van der Waals surface area contributed by atoms with E-state index < -0.39 is 0 Å². The molecule has 3 heterocycles. The van der Waals surface area contributed by atoms with Crippen molar-refractivity contribution in [2.75, 3.05) is 6.54 Å². The van der Waals surface area contributed by atoms with Gasteiger partial charge in [0, 0.05) is 42.4 Å². The molecule has 7 nitrogen and oxygen atoms in total. The molecule has 1 atom stereocenters. The lowest BCUT2D eigenvalue weighted by Gasteiger charge is -2.30. The highest BCUT2D eigenvalue weighted by Crippen LogP contribution is 2.29. The van der Waals surface area contributed by atoms with Crippen LogP contribution in [0.5, 0.6) is 0 Å². The van der Waals surface area contributed by atoms with Gasteiger partial charge in [-0.15, -0.1) is 0 Å². The van der Waals surface area contributed by atoms with Crippen molar-refractivity contribution in [2.24, 2.45) is 0 Å². The minimum atomic E-state index is -0.314. The predicted molar refractivity (Wildman–Crippen MR) is 112 cm³/mol. The Morgan fingerprint density at radius 2 is 1.87 bits per heavy atom. The fourth-order valence-electron chi connectivity index (χ4n) is 4.24. The first-order valence-electron chi connectivity index (χ1n) is 10.5. The Morgan fingerprint density at radius 1 is 1.17 bits per heavy atom. The van der Waals surface area contributed by atoms with Gasteiger partial charge in [0.05, 0.1) is 22.9 Å². The molecule has 3 amide bonds. The van der Waals surface area contributed by atoms with Crippen LogP contribution < -0.4 is 0 Å². The van der Waals surface area contributed by atoms with Crippen LogP contribution in [0.15, 0.2) is 24.4 Å². The van der Waals surface area contributed by atoms with Gasteiger partial charge in [0.1, 0.15) is 0 Å². The maximum absolute atomic E-state index is 13.2. The minimum Gasteiger partial charge on any atom is -0.334 e. The largest absolute Gasteiger partial charge is 0.334 e. The molecule has 0 saturated carbocycles. The van der Waals surface area contributed by atoms with E-state index in [1.54, 1.807) is 23.1 Å². The molecule has 0 radical (unpaired) electrons. The van der Waals surface area contributed by atoms with Gasteiger partial charge < -0.3 is 4.90 Å². The molecule has 1 aromatic carbocycles. The van der Waals surface area contributed by atoms with Crippen molar-refractivity contribution < 1.29 is 14.4 Å². The number of carbonyl (C=O) groups excluding carboxylic acids is 3. The lowest BCUT2D eigenvalue weighted by atomic mass is 10.0. The third kappa shape index (κ3) is 3.13. The third-order valence-corrected chi connectivity index (χ3v) is 6.05. The average molecular weight is 409 g/mol. The summed E-state index contributed by atoms with van der Waals surface area (Å²) in [6.45, 7) is 11.2. The Morgan fingerprint density at radius 3 is 2.53 bits per heavy atom. The number of benzene rings is 1. The molecule has 0 N–H and O–H groups in total. The Kier molecular flexibility index (Phi) is 4.79. The van der Waals surface area contributed by atoms with E-state index in [1.807, 2.05) is 24.7 Å². The van der Waals surface area contributed by atoms with Crippen LogP contribution in [-0.2, 0) is 18.5 Å². The Balaban J connectivity index is 1.58. The molecule has 0 bridgehead atoms. The fourth-order valence-corrected chi connectivity index (χ4v) is 4.24. The first-order valence-corrected chi connectivity index (χ1v) is 10.5. The average Bonchev–Trinajstić information content (AvgIpc) is 3.25. The van der Waals surface area contributed by atoms with Crippen LogP contribution >= 0.6 is 0 Å². The van der Waals surface area contributed by atoms with Gasteiger partial charge in [0.2, 0.25) is 0 Å². The molecule has 0 fully saturated rings. The molecule has 4 rings (SSSR count). The molecule has 30 heavy (non-hydrogen) atoms. The van der Waals surface area contributed by atoms with Gasteiger partial charge in [0.25, 0.3) is 17.7 Å². The molecule has 7 heteroatoms. The zero-order chi connectivity index (χ0) is 21.8. The van der Waals surface area contributed by atoms with E-state index >= 15 is 0 Å². The van der Waals surface area contributed by atoms with Gasteiger partial charge in [-0.05, 0) is 52.3 Å². The highest BCUT2D eigenvalue weighted by Gasteiger charge is 2.38. The van der Waals surface area contributed by atoms with Crippen LogP contribution in [0.1, 0.15) is 83.4 Å². The van der Waals surface area contributed by atoms with Gasteiger partial charge in [-0.25, -0.2) is 0 Å². The van der Waals surface area contributed by atoms with Gasteiger partial charge >= 0.3 is 0 Å². The number of hydrogen-bond donors (Lipinski definition) is 0. The highest BCUT2D eigenvalue weighted by atomic mass is 16.2. The summed E-state index contributed by atoms with van der Waals surface area (Å²) in [5.41, 5.74) is 3.26. The van der Waals surface area contributed by atoms with E-state index in [1.165, 1.54) is 10.6 Å². The van der Waals surface area contributed by atoms with E-state index in [0.717, 1.165) is 12.0 Å². The van der Waals surface area contributed by atoms with E-state index in [0.29, 0.717) is 36.2 Å². The van der Waals surface area contributed by atoms with Crippen molar-refractivity contribution >= 4 is 17.7 Å². The number of rotatable bonds is 3. The second-order valence-electron chi connectivity index (χ2n) is 9.17. The molecular formula is C23H28N4O3. The van der Waals surface area contributed by atoms with Crippen molar-refractivity contribution in [3.63, 3.8) is 0 Å². The molecule has 2 aliphatic heterocycles. The van der Waals surface area contributed by atoms with E-state index in [2.05, 4.69) is 25.9 Å². The summed E-state index contributed by atoms with van der Waals surface area (Å²) in [6.07, 6.45) is 3.27. The predicted octanol–water partition coefficient (Wildman–Crippen LogP) is 3.23. The van der Waals surface area contributed by atoms with Crippen molar-refractivity contribution in [1.82, 2.24) is 19.6 Å². The topological polar surface area (TPSA) is 75.5 Å². The van der Waals surface area contributed by atoms with Crippen LogP contribution in [-0.4, -0.2) is 49.9 Å². The van der Waals surface area contributed by atoms with E-state index in [4.69, 9.17) is 0 Å². The van der Waals surface area contributed by atoms with Crippen LogP contribution in [0, 0.1) is 0 Å². The molecule has 0 spiro atoms. The molecule has 2 aliphatic rings. The summed E-state index contributed by atoms with van der Waals surface area (Å²) < 4.78 is 2.04. The lowest BCUT2D eigenvalue weighted by Crippen LogP contribution is -2.38. The molecule has 2 aromatic rings. The second-order valence-corrected chi connectivity index (χ2v) is 9.17. The maximum atomic E-state index is 13.2. The smallest absolute Gasteiger partial charge is 0.261 e. The fraction of sp³-hybridized carbons (Fsp3) is 0.478. The quantitative estimate of drug-likeness (QED) is 0.731. The Labute approximate surface area is 176 Å². The van der Waals surface area contributed by atoms with Crippen molar-refractivity contribution in [1.29, 1.82) is 0 Å². The standard InChI is InChI=1S/C23H28N4O3/c1-6-14(2)26-21(29)17-8-7-15(11-18(17)22(26)30)20(28)25-10-9-19-16(13-25)12-24-27(19)23(3,4)5/h7-8,11-12,14H,6,9-10,13H2,1-5H3. The molecular weight excluding hydrogens is 380 g/mol. The summed E-state index contributed by atoms with van der Waals surface area (Å²) in [5, 5.41) is 4.52. The number of aromatic nitrogens is 2. The third-order valence-electron chi connectivity index (χ3n) is 6.05. The first-order chi connectivity index (χ1) is 14.1. The number of hydrogen-bond acceptors (Lipinski definition) is 4. The van der Waals surface area contributed by atoms with Crippen LogP contribution in [0.2, 0.25) is 0 Å². The van der Waals surface area contributed by atoms with Crippen LogP contribution in [0.25, 0.3) is 0 Å². The normalized spacial score (nSPS) is 17.2. The number of amides is 3. The number of fused-ring (bicyclic) bond motifs is 2. The zero-order valence-electron chi connectivity index (χ0n) is 18.2. The zero-order valence-corrected chi connectivity index (χ0v) is 18.2. The molecule has 0 saturated heterocycles. The molecule has 0 aliphatic carbocycles. The molecule has 1 unspecified atom stereocenters. The highest BCUT2D eigenvalue weighted by molar-refractivity contribution is 6.22.